The van der Waals surface area contributed by atoms with Crippen LogP contribution in [0.25, 0.3) is 0 Å². The van der Waals surface area contributed by atoms with Crippen LogP contribution in [0.2, 0.25) is 0 Å². The Morgan fingerprint density at radius 1 is 0.768 bits per heavy atom. The van der Waals surface area contributed by atoms with E-state index in [-0.39, 0.29) is 39.6 Å². The van der Waals surface area contributed by atoms with Crippen molar-refractivity contribution in [1.82, 2.24) is 0 Å². The Balaban J connectivity index is 1.14. The van der Waals surface area contributed by atoms with Crippen molar-refractivity contribution < 1.29 is 69.7 Å². The zero-order chi connectivity index (χ0) is 41.3. The number of hydrogen-bond acceptors (Lipinski definition) is 13. The molecular formula is C42H70O14. The first-order chi connectivity index (χ1) is 26.1. The molecule has 17 atom stereocenters. The average Bonchev–Trinajstić information content (AvgIpc) is 3.41. The molecule has 56 heavy (non-hydrogen) atoms. The van der Waals surface area contributed by atoms with Crippen LogP contribution in [0.15, 0.2) is 11.1 Å². The van der Waals surface area contributed by atoms with Crippen molar-refractivity contribution in [3.63, 3.8) is 0 Å². The molecule has 4 aliphatic carbocycles. The monoisotopic (exact) mass is 798 g/mol. The standard InChI is InChI=1S/C42H70O14/c1-38(2,56-37-34(50)32(48)30(46)26(20-44)54-37)15-8-9-21(35(51)52)22-12-17-42(7)24-10-11-27-39(3,4)28(14-16-40(27,5)23(24)13-18-41(22,42)6)55-36-33(49)31(47)29(45)25(19-43)53-36/h21-22,25-34,36-37,43-50H,8-20H2,1-7H3,(H,51,52)/t21-,22?,25?,26?,27?,28+,29?,30?,31?,32?,33?,34?,36?,37?,40-,41-,42+/m1/s1. The fourth-order valence-corrected chi connectivity index (χ4v) is 12.7. The second kappa shape index (κ2) is 16.0. The highest BCUT2D eigenvalue weighted by molar-refractivity contribution is 5.70. The number of aliphatic hydroxyl groups is 8. The van der Waals surface area contributed by atoms with E-state index in [9.17, 15) is 50.8 Å². The van der Waals surface area contributed by atoms with Crippen LogP contribution >= 0.6 is 0 Å². The molecule has 2 saturated carbocycles. The van der Waals surface area contributed by atoms with Gasteiger partial charge in [0.2, 0.25) is 0 Å². The lowest BCUT2D eigenvalue weighted by atomic mass is 9.43. The summed E-state index contributed by atoms with van der Waals surface area (Å²) in [5.41, 5.74) is 1.41. The highest BCUT2D eigenvalue weighted by Gasteiger charge is 2.65. The first-order valence-electron chi connectivity index (χ1n) is 21.0. The van der Waals surface area contributed by atoms with Gasteiger partial charge < -0.3 is 64.9 Å². The predicted octanol–water partition coefficient (Wildman–Crippen LogP) is 2.39. The molecule has 12 unspecified atom stereocenters. The third kappa shape index (κ3) is 7.33. The molecule has 9 N–H and O–H groups in total. The summed E-state index contributed by atoms with van der Waals surface area (Å²) in [4.78, 5) is 13.1. The summed E-state index contributed by atoms with van der Waals surface area (Å²) in [6.45, 7) is 14.1. The minimum atomic E-state index is -1.54. The molecular weight excluding hydrogens is 728 g/mol. The minimum absolute atomic E-state index is 0.0156. The Bertz CT molecular complexity index is 1450. The van der Waals surface area contributed by atoms with Gasteiger partial charge in [0.1, 0.15) is 48.8 Å². The van der Waals surface area contributed by atoms with E-state index in [1.165, 1.54) is 11.1 Å². The fraction of sp³-hybridized carbons (Fsp3) is 0.929. The number of carbonyl (C=O) groups is 1. The molecule has 0 amide bonds. The molecule has 0 spiro atoms. The van der Waals surface area contributed by atoms with Crippen LogP contribution in [0, 0.1) is 39.4 Å². The SMILES string of the molecule is CC(C)(CCC[C@@H](C(=O)O)C1CC[C@@]2(C)C3=C(CC[C@]12C)[C@@]1(C)CC[C@H](OC2OC(CO)C(O)C(O)C2O)C(C)(C)C1CC3)OC1OC(CO)C(O)C(O)C1O. The maximum atomic E-state index is 13.1. The van der Waals surface area contributed by atoms with Gasteiger partial charge in [-0.25, -0.2) is 0 Å². The lowest BCUT2D eigenvalue weighted by Crippen LogP contribution is -2.61. The van der Waals surface area contributed by atoms with Crippen LogP contribution in [0.1, 0.15) is 119 Å². The molecule has 0 aromatic heterocycles. The van der Waals surface area contributed by atoms with Gasteiger partial charge in [-0.3, -0.25) is 4.79 Å². The van der Waals surface area contributed by atoms with Crippen LogP contribution < -0.4 is 0 Å². The van der Waals surface area contributed by atoms with Crippen molar-refractivity contribution in [1.29, 1.82) is 0 Å². The summed E-state index contributed by atoms with van der Waals surface area (Å²) in [5, 5.41) is 92.4. The van der Waals surface area contributed by atoms with Crippen molar-refractivity contribution in [3.8, 4) is 0 Å². The fourth-order valence-electron chi connectivity index (χ4n) is 12.7. The molecule has 2 saturated heterocycles. The largest absolute Gasteiger partial charge is 0.481 e. The molecule has 6 aliphatic rings. The van der Waals surface area contributed by atoms with Crippen LogP contribution in [-0.4, -0.2) is 138 Å². The minimum Gasteiger partial charge on any atom is -0.481 e. The highest BCUT2D eigenvalue weighted by atomic mass is 16.7. The number of hydrogen-bond donors (Lipinski definition) is 9. The molecule has 322 valence electrons. The summed E-state index contributed by atoms with van der Waals surface area (Å²) in [7, 11) is 0. The molecule has 0 radical (unpaired) electrons. The normalized spacial score (nSPS) is 47.2. The van der Waals surface area contributed by atoms with E-state index in [2.05, 4.69) is 34.6 Å². The number of ether oxygens (including phenoxy) is 4. The average molecular weight is 799 g/mol. The van der Waals surface area contributed by atoms with Crippen LogP contribution in [0.3, 0.4) is 0 Å². The van der Waals surface area contributed by atoms with Gasteiger partial charge in [0, 0.05) is 0 Å². The number of carboxylic acid groups (broad SMARTS) is 1. The van der Waals surface area contributed by atoms with Gasteiger partial charge in [0.25, 0.3) is 0 Å². The maximum absolute atomic E-state index is 13.1. The summed E-state index contributed by atoms with van der Waals surface area (Å²) in [6.07, 6.45) is -5.26. The van der Waals surface area contributed by atoms with E-state index in [4.69, 9.17) is 18.9 Å². The maximum Gasteiger partial charge on any atom is 0.306 e. The first kappa shape index (κ1) is 44.3. The second-order valence-electron chi connectivity index (χ2n) is 20.0. The summed E-state index contributed by atoms with van der Waals surface area (Å²) < 4.78 is 23.8. The Hall–Kier alpha value is -1.27. The number of carboxylic acids is 1. The molecule has 14 nitrogen and oxygen atoms in total. The Kier molecular flexibility index (Phi) is 12.6. The number of fused-ring (bicyclic) bond motifs is 4. The van der Waals surface area contributed by atoms with Crippen molar-refractivity contribution in [2.24, 2.45) is 39.4 Å². The molecule has 0 bridgehead atoms. The Morgan fingerprint density at radius 3 is 1.95 bits per heavy atom. The van der Waals surface area contributed by atoms with Gasteiger partial charge in [-0.15, -0.1) is 0 Å². The van der Waals surface area contributed by atoms with Crippen molar-refractivity contribution in [2.45, 2.75) is 192 Å². The number of allylic oxidation sites excluding steroid dienone is 2. The molecule has 2 aliphatic heterocycles. The topological polar surface area (TPSA) is 236 Å². The molecule has 14 heteroatoms. The number of aliphatic hydroxyl groups excluding tert-OH is 8. The third-order valence-corrected chi connectivity index (χ3v) is 16.3. The molecule has 6 rings (SSSR count). The van der Waals surface area contributed by atoms with E-state index < -0.39 is 92.1 Å². The quantitative estimate of drug-likeness (QED) is 0.129. The van der Waals surface area contributed by atoms with E-state index >= 15 is 0 Å². The van der Waals surface area contributed by atoms with E-state index in [1.807, 2.05) is 13.8 Å². The smallest absolute Gasteiger partial charge is 0.306 e. The molecule has 4 fully saturated rings. The van der Waals surface area contributed by atoms with Crippen LogP contribution in [-0.2, 0) is 23.7 Å². The van der Waals surface area contributed by atoms with Crippen molar-refractivity contribution >= 4 is 5.97 Å². The number of aliphatic carboxylic acids is 1. The molecule has 0 aromatic rings. The van der Waals surface area contributed by atoms with Crippen molar-refractivity contribution in [3.05, 3.63) is 11.1 Å². The molecule has 2 heterocycles. The summed E-state index contributed by atoms with van der Waals surface area (Å²) in [5.74, 6) is -1.09. The van der Waals surface area contributed by atoms with Gasteiger partial charge in [-0.2, -0.15) is 0 Å². The van der Waals surface area contributed by atoms with Crippen molar-refractivity contribution in [2.75, 3.05) is 13.2 Å². The predicted molar refractivity (Wildman–Crippen MR) is 202 cm³/mol. The van der Waals surface area contributed by atoms with E-state index in [0.29, 0.717) is 25.7 Å². The van der Waals surface area contributed by atoms with Gasteiger partial charge >= 0.3 is 5.97 Å². The number of rotatable bonds is 12. The summed E-state index contributed by atoms with van der Waals surface area (Å²) in [6, 6.07) is 0. The highest BCUT2D eigenvalue weighted by Crippen LogP contribution is 2.72. The van der Waals surface area contributed by atoms with Gasteiger partial charge in [-0.1, -0.05) is 45.8 Å². The zero-order valence-electron chi connectivity index (χ0n) is 34.3. The van der Waals surface area contributed by atoms with Crippen LogP contribution in [0.4, 0.5) is 0 Å². The van der Waals surface area contributed by atoms with Gasteiger partial charge in [-0.05, 0) is 118 Å². The van der Waals surface area contributed by atoms with Gasteiger partial charge in [0.05, 0.1) is 30.8 Å². The lowest BCUT2D eigenvalue weighted by molar-refractivity contribution is -0.325. The van der Waals surface area contributed by atoms with E-state index in [0.717, 1.165) is 44.9 Å². The Morgan fingerprint density at radius 2 is 1.36 bits per heavy atom. The third-order valence-electron chi connectivity index (χ3n) is 16.3. The zero-order valence-corrected chi connectivity index (χ0v) is 34.3. The molecule has 0 aromatic carbocycles. The Labute approximate surface area is 331 Å². The van der Waals surface area contributed by atoms with Crippen LogP contribution in [0.5, 0.6) is 0 Å². The second-order valence-corrected chi connectivity index (χ2v) is 20.0. The lowest BCUT2D eigenvalue weighted by Gasteiger charge is -2.62. The van der Waals surface area contributed by atoms with Gasteiger partial charge in [0.15, 0.2) is 12.6 Å². The first-order valence-corrected chi connectivity index (χ1v) is 21.0. The van der Waals surface area contributed by atoms with E-state index in [1.54, 1.807) is 0 Å². The summed E-state index contributed by atoms with van der Waals surface area (Å²) >= 11 is 0.